The van der Waals surface area contributed by atoms with Crippen LogP contribution in [-0.2, 0) is 0 Å². The molecular weight excluding hydrogens is 338 g/mol. The van der Waals surface area contributed by atoms with E-state index in [9.17, 15) is 4.79 Å². The number of amides is 2. The zero-order valence-electron chi connectivity index (χ0n) is 16.3. The molecule has 4 heterocycles. The van der Waals surface area contributed by atoms with E-state index in [1.54, 1.807) is 4.90 Å². The van der Waals surface area contributed by atoms with Gasteiger partial charge in [0.25, 0.3) is 0 Å². The average Bonchev–Trinajstić information content (AvgIpc) is 3.11. The van der Waals surface area contributed by atoms with Crippen molar-refractivity contribution in [1.82, 2.24) is 19.8 Å². The first-order chi connectivity index (χ1) is 13.2. The van der Waals surface area contributed by atoms with Gasteiger partial charge in [0.15, 0.2) is 0 Å². The lowest BCUT2D eigenvalue weighted by atomic mass is 9.89. The van der Waals surface area contributed by atoms with Gasteiger partial charge in [-0.25, -0.2) is 9.78 Å². The van der Waals surface area contributed by atoms with Crippen LogP contribution in [0.1, 0.15) is 44.6 Å². The van der Waals surface area contributed by atoms with Crippen molar-refractivity contribution in [2.75, 3.05) is 32.0 Å². The number of pyridine rings is 1. The molecule has 1 unspecified atom stereocenters. The van der Waals surface area contributed by atoms with Crippen LogP contribution in [0, 0.1) is 0 Å². The molecule has 2 amide bonds. The molecule has 6 nitrogen and oxygen atoms in total. The minimum atomic E-state index is -0.115. The van der Waals surface area contributed by atoms with E-state index in [-0.39, 0.29) is 6.03 Å². The van der Waals surface area contributed by atoms with Crippen LogP contribution in [0.25, 0.3) is 16.6 Å². The number of hydrogen-bond acceptors (Lipinski definition) is 3. The predicted molar refractivity (Wildman–Crippen MR) is 110 cm³/mol. The van der Waals surface area contributed by atoms with E-state index in [1.807, 2.05) is 19.2 Å². The Morgan fingerprint density at radius 3 is 3.15 bits per heavy atom. The molecule has 2 aromatic heterocycles. The van der Waals surface area contributed by atoms with E-state index >= 15 is 0 Å². The number of aromatic amines is 1. The Morgan fingerprint density at radius 1 is 1.41 bits per heavy atom. The third kappa shape index (κ3) is 3.72. The van der Waals surface area contributed by atoms with Gasteiger partial charge in [-0.1, -0.05) is 19.4 Å². The Balaban J connectivity index is 1.57. The summed E-state index contributed by atoms with van der Waals surface area (Å²) < 4.78 is 0. The van der Waals surface area contributed by atoms with Crippen LogP contribution in [0.4, 0.5) is 10.6 Å². The number of anilines is 1. The first-order valence-electron chi connectivity index (χ1n) is 10.1. The van der Waals surface area contributed by atoms with Gasteiger partial charge in [-0.15, -0.1) is 0 Å². The molecule has 2 aliphatic rings. The highest BCUT2D eigenvalue weighted by atomic mass is 16.2. The number of hydrogen-bond donors (Lipinski definition) is 2. The highest BCUT2D eigenvalue weighted by molar-refractivity contribution is 5.93. The topological polar surface area (TPSA) is 64.3 Å². The second-order valence-corrected chi connectivity index (χ2v) is 7.72. The second-order valence-electron chi connectivity index (χ2n) is 7.72. The predicted octanol–water partition coefficient (Wildman–Crippen LogP) is 4.08. The molecule has 0 saturated carbocycles. The van der Waals surface area contributed by atoms with E-state index in [0.29, 0.717) is 11.9 Å². The molecule has 27 heavy (non-hydrogen) atoms. The SMILES string of the molecule is CCCN(C)C(=O)Nc1ccc2[nH]cc(C3=CCN4CCCCC4C3)c2n1. The van der Waals surface area contributed by atoms with Crippen molar-refractivity contribution in [3.8, 4) is 0 Å². The molecule has 0 radical (unpaired) electrons. The normalized spacial score (nSPS) is 20.2. The summed E-state index contributed by atoms with van der Waals surface area (Å²) in [7, 11) is 1.81. The standard InChI is InChI=1S/C21H29N5O/c1-3-10-25(2)21(27)24-19-8-7-18-20(23-19)17(14-22-18)15-9-12-26-11-5-4-6-16(26)13-15/h7-9,14,16,22H,3-6,10-13H2,1-2H3,(H,23,24,27). The summed E-state index contributed by atoms with van der Waals surface area (Å²) in [6.45, 7) is 5.05. The van der Waals surface area contributed by atoms with Crippen molar-refractivity contribution in [3.63, 3.8) is 0 Å². The fourth-order valence-corrected chi connectivity index (χ4v) is 4.27. The highest BCUT2D eigenvalue weighted by Crippen LogP contribution is 2.34. The van der Waals surface area contributed by atoms with Crippen molar-refractivity contribution >= 4 is 28.5 Å². The maximum atomic E-state index is 12.3. The van der Waals surface area contributed by atoms with Crippen molar-refractivity contribution in [1.29, 1.82) is 0 Å². The minimum Gasteiger partial charge on any atom is -0.359 e. The van der Waals surface area contributed by atoms with E-state index < -0.39 is 0 Å². The lowest BCUT2D eigenvalue weighted by molar-refractivity contribution is 0.161. The van der Waals surface area contributed by atoms with Crippen molar-refractivity contribution in [3.05, 3.63) is 30.0 Å². The molecule has 0 aromatic carbocycles. The fraction of sp³-hybridized carbons (Fsp3) is 0.524. The van der Waals surface area contributed by atoms with Crippen LogP contribution in [0.5, 0.6) is 0 Å². The van der Waals surface area contributed by atoms with Gasteiger partial charge < -0.3 is 9.88 Å². The molecule has 2 N–H and O–H groups in total. The first-order valence-corrected chi connectivity index (χ1v) is 10.1. The number of urea groups is 1. The van der Waals surface area contributed by atoms with Crippen LogP contribution < -0.4 is 5.32 Å². The van der Waals surface area contributed by atoms with Crippen LogP contribution in [0.3, 0.4) is 0 Å². The first kappa shape index (κ1) is 18.0. The summed E-state index contributed by atoms with van der Waals surface area (Å²) in [4.78, 5) is 24.7. The smallest absolute Gasteiger partial charge is 0.322 e. The molecule has 2 aliphatic heterocycles. The lowest BCUT2D eigenvalue weighted by Gasteiger charge is -2.38. The van der Waals surface area contributed by atoms with Crippen molar-refractivity contribution in [2.45, 2.75) is 45.1 Å². The van der Waals surface area contributed by atoms with Gasteiger partial charge >= 0.3 is 6.03 Å². The van der Waals surface area contributed by atoms with Crippen molar-refractivity contribution < 1.29 is 4.79 Å². The Bertz CT molecular complexity index is 855. The molecule has 0 spiro atoms. The lowest BCUT2D eigenvalue weighted by Crippen LogP contribution is -2.41. The summed E-state index contributed by atoms with van der Waals surface area (Å²) in [6, 6.07) is 4.40. The number of nitrogens with zero attached hydrogens (tertiary/aromatic N) is 3. The number of aromatic nitrogens is 2. The van der Waals surface area contributed by atoms with Crippen LogP contribution in [0.2, 0.25) is 0 Å². The Morgan fingerprint density at radius 2 is 2.30 bits per heavy atom. The van der Waals surface area contributed by atoms with Gasteiger partial charge in [0.05, 0.1) is 11.0 Å². The number of rotatable bonds is 4. The largest absolute Gasteiger partial charge is 0.359 e. The molecular formula is C21H29N5O. The summed E-state index contributed by atoms with van der Waals surface area (Å²) in [5.41, 5.74) is 4.51. The van der Waals surface area contributed by atoms with Crippen LogP contribution in [-0.4, -0.2) is 58.5 Å². The van der Waals surface area contributed by atoms with E-state index in [1.165, 1.54) is 36.9 Å². The summed E-state index contributed by atoms with van der Waals surface area (Å²) >= 11 is 0. The zero-order chi connectivity index (χ0) is 18.8. The van der Waals surface area contributed by atoms with Gasteiger partial charge in [-0.3, -0.25) is 10.2 Å². The maximum absolute atomic E-state index is 12.3. The molecule has 1 fully saturated rings. The number of fused-ring (bicyclic) bond motifs is 2. The maximum Gasteiger partial charge on any atom is 0.322 e. The highest BCUT2D eigenvalue weighted by Gasteiger charge is 2.27. The Labute approximate surface area is 160 Å². The second kappa shape index (κ2) is 7.72. The van der Waals surface area contributed by atoms with Gasteiger partial charge in [0, 0.05) is 37.9 Å². The molecule has 1 atom stereocenters. The van der Waals surface area contributed by atoms with Gasteiger partial charge in [0.2, 0.25) is 0 Å². The average molecular weight is 367 g/mol. The zero-order valence-corrected chi connectivity index (χ0v) is 16.3. The third-order valence-corrected chi connectivity index (χ3v) is 5.79. The van der Waals surface area contributed by atoms with Crippen LogP contribution >= 0.6 is 0 Å². The quantitative estimate of drug-likeness (QED) is 0.856. The summed E-state index contributed by atoms with van der Waals surface area (Å²) in [5, 5.41) is 2.92. The van der Waals surface area contributed by atoms with Crippen molar-refractivity contribution in [2.24, 2.45) is 0 Å². The van der Waals surface area contributed by atoms with Gasteiger partial charge in [-0.2, -0.15) is 0 Å². The monoisotopic (exact) mass is 367 g/mol. The molecule has 2 aromatic rings. The molecule has 0 bridgehead atoms. The van der Waals surface area contributed by atoms with Gasteiger partial charge in [-0.05, 0) is 49.9 Å². The summed E-state index contributed by atoms with van der Waals surface area (Å²) in [6.07, 6.45) is 10.4. The molecule has 6 heteroatoms. The number of piperidine rings is 1. The number of carbonyl (C=O) groups excluding carboxylic acids is 1. The molecule has 144 valence electrons. The van der Waals surface area contributed by atoms with Crippen LogP contribution in [0.15, 0.2) is 24.4 Å². The third-order valence-electron chi connectivity index (χ3n) is 5.79. The van der Waals surface area contributed by atoms with E-state index in [2.05, 4.69) is 34.4 Å². The Hall–Kier alpha value is -2.34. The number of H-pyrrole nitrogens is 1. The van der Waals surface area contributed by atoms with Gasteiger partial charge in [0.1, 0.15) is 5.82 Å². The minimum absolute atomic E-state index is 0.115. The molecule has 0 aliphatic carbocycles. The Kier molecular flexibility index (Phi) is 5.16. The summed E-state index contributed by atoms with van der Waals surface area (Å²) in [5.74, 6) is 0.604. The van der Waals surface area contributed by atoms with E-state index in [4.69, 9.17) is 4.98 Å². The molecule has 1 saturated heterocycles. The molecule has 4 rings (SSSR count). The fourth-order valence-electron chi connectivity index (χ4n) is 4.27. The number of nitrogens with one attached hydrogen (secondary N) is 2. The number of carbonyl (C=O) groups is 1. The van der Waals surface area contributed by atoms with E-state index in [0.717, 1.165) is 37.0 Å².